The van der Waals surface area contributed by atoms with Crippen molar-refractivity contribution in [3.8, 4) is 16.8 Å². The zero-order valence-electron chi connectivity index (χ0n) is 21.6. The van der Waals surface area contributed by atoms with Crippen molar-refractivity contribution in [2.45, 2.75) is 9.79 Å². The highest BCUT2D eigenvalue weighted by Gasteiger charge is 2.25. The average molecular weight is 566 g/mol. The maximum atomic E-state index is 6.54. The lowest BCUT2D eigenvalue weighted by Crippen LogP contribution is -2.24. The SMILES string of the molecule is S=P(c1ccccc1)(c1ccccc1)c1ccc(-c2ccc3c(c2)Sc2cccc4c5ccccc5n-3c24)cc1. The highest BCUT2D eigenvalue weighted by molar-refractivity contribution is 8.25. The molecule has 0 saturated heterocycles. The molecule has 0 atom stereocenters. The second-order valence-corrected chi connectivity index (χ2v) is 15.6. The van der Waals surface area contributed by atoms with Crippen LogP contribution < -0.4 is 15.9 Å². The van der Waals surface area contributed by atoms with Crippen molar-refractivity contribution in [3.05, 3.63) is 146 Å². The largest absolute Gasteiger partial charge is 0.307 e. The highest BCUT2D eigenvalue weighted by atomic mass is 32.4. The molecule has 4 heteroatoms. The van der Waals surface area contributed by atoms with Gasteiger partial charge in [-0.05, 0) is 51.3 Å². The third-order valence-corrected chi connectivity index (χ3v) is 14.0. The van der Waals surface area contributed by atoms with Crippen LogP contribution in [0.4, 0.5) is 0 Å². The summed E-state index contributed by atoms with van der Waals surface area (Å²) < 4.78 is 2.44. The van der Waals surface area contributed by atoms with Crippen LogP contribution in [0.5, 0.6) is 0 Å². The molecule has 6 aromatic carbocycles. The number of para-hydroxylation sites is 2. The van der Waals surface area contributed by atoms with Gasteiger partial charge in [0.2, 0.25) is 0 Å². The molecule has 0 radical (unpaired) electrons. The normalized spacial score (nSPS) is 12.5. The molecule has 2 heterocycles. The summed E-state index contributed by atoms with van der Waals surface area (Å²) in [5.41, 5.74) is 6.25. The van der Waals surface area contributed by atoms with E-state index in [1.807, 2.05) is 11.8 Å². The zero-order chi connectivity index (χ0) is 26.7. The van der Waals surface area contributed by atoms with Crippen molar-refractivity contribution >= 4 is 67.3 Å². The Bertz CT molecular complexity index is 2050. The van der Waals surface area contributed by atoms with Gasteiger partial charge in [-0.1, -0.05) is 145 Å². The molecular weight excluding hydrogens is 542 g/mol. The van der Waals surface area contributed by atoms with Gasteiger partial charge in [0.15, 0.2) is 0 Å². The van der Waals surface area contributed by atoms with Crippen LogP contribution >= 0.6 is 17.8 Å². The molecule has 0 unspecified atom stereocenters. The quantitative estimate of drug-likeness (QED) is 0.197. The van der Waals surface area contributed by atoms with Crippen molar-refractivity contribution in [2.24, 2.45) is 0 Å². The van der Waals surface area contributed by atoms with Gasteiger partial charge in [-0.25, -0.2) is 0 Å². The Hall–Kier alpha value is -3.88. The first-order chi connectivity index (χ1) is 19.7. The molecule has 190 valence electrons. The smallest absolute Gasteiger partial charge is 0.0681 e. The molecule has 1 aliphatic rings. The molecule has 0 saturated carbocycles. The maximum absolute atomic E-state index is 6.54. The van der Waals surface area contributed by atoms with Gasteiger partial charge >= 0.3 is 0 Å². The number of benzene rings is 6. The Morgan fingerprint density at radius 1 is 0.500 bits per heavy atom. The molecule has 0 bridgehead atoms. The van der Waals surface area contributed by atoms with Crippen LogP contribution in [0.2, 0.25) is 0 Å². The summed E-state index contributed by atoms with van der Waals surface area (Å²) in [7, 11) is 0. The van der Waals surface area contributed by atoms with Crippen molar-refractivity contribution in [2.75, 3.05) is 0 Å². The lowest BCUT2D eigenvalue weighted by Gasteiger charge is -2.24. The number of nitrogens with zero attached hydrogens (tertiary/aromatic N) is 1. The lowest BCUT2D eigenvalue weighted by atomic mass is 10.1. The summed E-state index contributed by atoms with van der Waals surface area (Å²) in [6.45, 7) is 0. The van der Waals surface area contributed by atoms with E-state index in [-0.39, 0.29) is 0 Å². The first kappa shape index (κ1) is 24.0. The van der Waals surface area contributed by atoms with Gasteiger partial charge in [-0.3, -0.25) is 0 Å². The van der Waals surface area contributed by atoms with E-state index in [1.54, 1.807) is 0 Å². The van der Waals surface area contributed by atoms with Crippen LogP contribution in [0.15, 0.2) is 155 Å². The zero-order valence-corrected chi connectivity index (χ0v) is 24.1. The number of rotatable bonds is 4. The average Bonchev–Trinajstić information content (AvgIpc) is 3.37. The Labute approximate surface area is 243 Å². The minimum absolute atomic E-state index is 1.20. The fourth-order valence-electron chi connectivity index (χ4n) is 5.99. The van der Waals surface area contributed by atoms with Gasteiger partial charge in [0.05, 0.1) is 16.7 Å². The molecule has 0 spiro atoms. The van der Waals surface area contributed by atoms with Crippen LogP contribution in [0.25, 0.3) is 38.6 Å². The first-order valence-electron chi connectivity index (χ1n) is 13.4. The fraction of sp³-hybridized carbons (Fsp3) is 0. The van der Waals surface area contributed by atoms with E-state index in [1.165, 1.54) is 64.3 Å². The van der Waals surface area contributed by atoms with Gasteiger partial charge < -0.3 is 4.57 Å². The molecule has 0 N–H and O–H groups in total. The van der Waals surface area contributed by atoms with Crippen LogP contribution in [-0.4, -0.2) is 4.57 Å². The molecule has 1 aliphatic heterocycles. The van der Waals surface area contributed by atoms with Gasteiger partial charge in [0.1, 0.15) is 0 Å². The summed E-state index contributed by atoms with van der Waals surface area (Å²) in [4.78, 5) is 2.58. The molecule has 0 aliphatic carbocycles. The topological polar surface area (TPSA) is 4.93 Å². The lowest BCUT2D eigenvalue weighted by molar-refractivity contribution is 1.09. The first-order valence-corrected chi connectivity index (χ1v) is 17.0. The molecular formula is C36H24NPS2. The van der Waals surface area contributed by atoms with E-state index in [0.717, 1.165) is 0 Å². The van der Waals surface area contributed by atoms with Crippen LogP contribution in [0.3, 0.4) is 0 Å². The van der Waals surface area contributed by atoms with Crippen molar-refractivity contribution in [1.29, 1.82) is 0 Å². The third kappa shape index (κ3) is 3.59. The predicted molar refractivity (Wildman–Crippen MR) is 176 cm³/mol. The Morgan fingerprint density at radius 3 is 1.82 bits per heavy atom. The molecule has 7 aromatic rings. The third-order valence-electron chi connectivity index (χ3n) is 7.88. The second kappa shape index (κ2) is 9.35. The van der Waals surface area contributed by atoms with E-state index in [0.29, 0.717) is 0 Å². The van der Waals surface area contributed by atoms with E-state index in [2.05, 4.69) is 150 Å². The van der Waals surface area contributed by atoms with Crippen molar-refractivity contribution in [3.63, 3.8) is 0 Å². The minimum atomic E-state index is -2.16. The fourth-order valence-corrected chi connectivity index (χ4v) is 10.9. The van der Waals surface area contributed by atoms with Gasteiger partial charge in [0.25, 0.3) is 0 Å². The molecule has 40 heavy (non-hydrogen) atoms. The summed E-state index contributed by atoms with van der Waals surface area (Å²) in [6, 6.07) is 50.3. The van der Waals surface area contributed by atoms with Crippen LogP contribution in [0.1, 0.15) is 0 Å². The second-order valence-electron chi connectivity index (χ2n) is 10.1. The minimum Gasteiger partial charge on any atom is -0.307 e. The monoisotopic (exact) mass is 565 g/mol. The van der Waals surface area contributed by atoms with Gasteiger partial charge in [0, 0.05) is 26.6 Å². The van der Waals surface area contributed by atoms with E-state index in [9.17, 15) is 0 Å². The van der Waals surface area contributed by atoms with Gasteiger partial charge in [-0.15, -0.1) is 0 Å². The molecule has 1 nitrogen and oxygen atoms in total. The summed E-state index contributed by atoms with van der Waals surface area (Å²) >= 11 is 8.41. The van der Waals surface area contributed by atoms with E-state index < -0.39 is 6.04 Å². The maximum Gasteiger partial charge on any atom is 0.0681 e. The van der Waals surface area contributed by atoms with Crippen molar-refractivity contribution < 1.29 is 0 Å². The number of fused-ring (bicyclic) bond motifs is 5. The standard InChI is InChI=1S/C36H24NPS2/c39-38(27-10-3-1-4-11-27,28-12-5-2-6-13-28)29-21-18-25(19-22-29)26-20-23-33-35(24-26)40-34-17-9-15-31-30-14-7-8-16-32(30)37(33)36(31)34/h1-24H. The predicted octanol–water partition coefficient (Wildman–Crippen LogP) is 8.67. The Morgan fingerprint density at radius 2 is 1.10 bits per heavy atom. The van der Waals surface area contributed by atoms with E-state index in [4.69, 9.17) is 11.8 Å². The molecule has 0 fully saturated rings. The summed E-state index contributed by atoms with van der Waals surface area (Å²) in [5, 5.41) is 6.28. The molecule has 0 amide bonds. The molecule has 1 aromatic heterocycles. The Kier molecular flexibility index (Phi) is 5.60. The van der Waals surface area contributed by atoms with Crippen LogP contribution in [0, 0.1) is 0 Å². The summed E-state index contributed by atoms with van der Waals surface area (Å²) in [6.07, 6.45) is 0. The van der Waals surface area contributed by atoms with Crippen LogP contribution in [-0.2, 0) is 11.8 Å². The highest BCUT2D eigenvalue weighted by Crippen LogP contribution is 2.48. The molecule has 8 rings (SSSR count). The summed E-state index contributed by atoms with van der Waals surface area (Å²) in [5.74, 6) is 0. The van der Waals surface area contributed by atoms with Gasteiger partial charge in [-0.2, -0.15) is 0 Å². The number of aromatic nitrogens is 1. The number of hydrogen-bond acceptors (Lipinski definition) is 2. The number of hydrogen-bond donors (Lipinski definition) is 0. The van der Waals surface area contributed by atoms with Crippen molar-refractivity contribution in [1.82, 2.24) is 4.57 Å². The van der Waals surface area contributed by atoms with E-state index >= 15 is 0 Å². The Balaban J connectivity index is 1.23.